The van der Waals surface area contributed by atoms with E-state index in [9.17, 15) is 4.57 Å². The quantitative estimate of drug-likeness (QED) is 0.375. The molecule has 0 heterocycles. The van der Waals surface area contributed by atoms with Gasteiger partial charge in [0.05, 0.1) is 13.2 Å². The van der Waals surface area contributed by atoms with Crippen molar-refractivity contribution in [1.82, 2.24) is 5.32 Å². The van der Waals surface area contributed by atoms with Gasteiger partial charge in [0.1, 0.15) is 5.28 Å². The average Bonchev–Trinajstić information content (AvgIpc) is 2.58. The van der Waals surface area contributed by atoms with Crippen LogP contribution in [0.2, 0.25) is 0 Å². The summed E-state index contributed by atoms with van der Waals surface area (Å²) in [6.07, 6.45) is 4.91. The highest BCUT2D eigenvalue weighted by molar-refractivity contribution is 7.55. The highest BCUT2D eigenvalue weighted by Gasteiger charge is 2.49. The zero-order valence-corrected chi connectivity index (χ0v) is 16.2. The maximum Gasteiger partial charge on any atom is 0.350 e. The highest BCUT2D eigenvalue weighted by Crippen LogP contribution is 2.62. The van der Waals surface area contributed by atoms with Crippen molar-refractivity contribution < 1.29 is 13.6 Å². The number of nitrogens with one attached hydrogen (secondary N) is 1. The van der Waals surface area contributed by atoms with Crippen molar-refractivity contribution in [2.45, 2.75) is 58.3 Å². The van der Waals surface area contributed by atoms with Crippen molar-refractivity contribution in [2.75, 3.05) is 13.2 Å². The summed E-state index contributed by atoms with van der Waals surface area (Å²) in [5, 5.41) is 2.84. The van der Waals surface area contributed by atoms with Gasteiger partial charge in [0.2, 0.25) is 0 Å². The van der Waals surface area contributed by atoms with Crippen LogP contribution in [0, 0.1) is 0 Å². The molecule has 1 aromatic rings. The van der Waals surface area contributed by atoms with Crippen LogP contribution in [0.15, 0.2) is 43.0 Å². The summed E-state index contributed by atoms with van der Waals surface area (Å²) in [5.74, 6) is 0. The third-order valence-electron chi connectivity index (χ3n) is 4.01. The molecule has 4 nitrogen and oxygen atoms in total. The molecule has 0 radical (unpaired) electrons. The van der Waals surface area contributed by atoms with Gasteiger partial charge in [-0.25, -0.2) is 0 Å². The summed E-state index contributed by atoms with van der Waals surface area (Å²) < 4.78 is 25.0. The lowest BCUT2D eigenvalue weighted by Gasteiger charge is -2.40. The molecule has 0 aliphatic heterocycles. The van der Waals surface area contributed by atoms with Gasteiger partial charge in [-0.05, 0) is 38.7 Å². The van der Waals surface area contributed by atoms with E-state index in [2.05, 4.69) is 31.0 Å². The second-order valence-corrected chi connectivity index (χ2v) is 8.15. The Kier molecular flexibility index (Phi) is 9.53. The van der Waals surface area contributed by atoms with Gasteiger partial charge in [0.15, 0.2) is 0 Å². The van der Waals surface area contributed by atoms with Crippen LogP contribution in [0.25, 0.3) is 0 Å². The van der Waals surface area contributed by atoms with E-state index in [1.54, 1.807) is 0 Å². The van der Waals surface area contributed by atoms with E-state index in [1.165, 1.54) is 0 Å². The summed E-state index contributed by atoms with van der Waals surface area (Å²) in [4.78, 5) is 0. The first-order valence-electron chi connectivity index (χ1n) is 8.86. The molecule has 0 spiro atoms. The first kappa shape index (κ1) is 21.1. The van der Waals surface area contributed by atoms with Gasteiger partial charge in [0, 0.05) is 6.54 Å². The molecule has 0 aliphatic carbocycles. The Morgan fingerprint density at radius 1 is 1.12 bits per heavy atom. The standard InChI is InChI=1S/C19H32NO3P/c1-5-9-16-19(15-6-2,24(21,22-7-3)23-8-4)20-17-18-13-11-10-12-14-18/h5,10-14,20H,1,6-9,15-17H2,2-4H3. The minimum absolute atomic E-state index is 0.365. The molecule has 0 aliphatic rings. The second kappa shape index (κ2) is 10.8. The summed E-state index contributed by atoms with van der Waals surface area (Å²) in [6, 6.07) is 10.1. The van der Waals surface area contributed by atoms with E-state index >= 15 is 0 Å². The molecule has 0 saturated carbocycles. The van der Waals surface area contributed by atoms with E-state index in [4.69, 9.17) is 9.05 Å². The van der Waals surface area contributed by atoms with Crippen molar-refractivity contribution in [3.05, 3.63) is 48.6 Å². The van der Waals surface area contributed by atoms with Gasteiger partial charge in [-0.15, -0.1) is 6.58 Å². The minimum atomic E-state index is -3.30. The summed E-state index contributed by atoms with van der Waals surface area (Å²) in [6.45, 7) is 11.0. The molecule has 0 bridgehead atoms. The molecule has 24 heavy (non-hydrogen) atoms. The van der Waals surface area contributed by atoms with Crippen LogP contribution in [0.3, 0.4) is 0 Å². The van der Waals surface area contributed by atoms with E-state index in [0.717, 1.165) is 24.8 Å². The number of benzene rings is 1. The fourth-order valence-electron chi connectivity index (χ4n) is 2.91. The predicted molar refractivity (Wildman–Crippen MR) is 101 cm³/mol. The molecule has 1 aromatic carbocycles. The Balaban J connectivity index is 3.14. The molecule has 0 saturated heterocycles. The van der Waals surface area contributed by atoms with Gasteiger partial charge in [-0.3, -0.25) is 9.88 Å². The lowest BCUT2D eigenvalue weighted by Crippen LogP contribution is -2.45. The van der Waals surface area contributed by atoms with Crippen molar-refractivity contribution in [3.8, 4) is 0 Å². The van der Waals surface area contributed by atoms with Crippen molar-refractivity contribution in [3.63, 3.8) is 0 Å². The molecule has 5 heteroatoms. The van der Waals surface area contributed by atoms with Gasteiger partial charge in [0.25, 0.3) is 0 Å². The Morgan fingerprint density at radius 2 is 1.75 bits per heavy atom. The van der Waals surface area contributed by atoms with Gasteiger partial charge < -0.3 is 9.05 Å². The van der Waals surface area contributed by atoms with Crippen LogP contribution in [-0.4, -0.2) is 18.5 Å². The predicted octanol–water partition coefficient (Wildman–Crippen LogP) is 5.50. The van der Waals surface area contributed by atoms with Crippen LogP contribution in [-0.2, 0) is 20.2 Å². The Labute approximate surface area is 147 Å². The van der Waals surface area contributed by atoms with Gasteiger partial charge in [-0.2, -0.15) is 0 Å². The maximum absolute atomic E-state index is 13.6. The molecule has 136 valence electrons. The SMILES string of the molecule is C=CCCC(CCC)(NCc1ccccc1)P(=O)(OCC)OCC. The molecule has 0 fully saturated rings. The fourth-order valence-corrected chi connectivity index (χ4v) is 5.34. The molecule has 1 atom stereocenters. The molecule has 1 rings (SSSR count). The lowest BCUT2D eigenvalue weighted by atomic mass is 10.0. The fraction of sp³-hybridized carbons (Fsp3) is 0.579. The second-order valence-electron chi connectivity index (χ2n) is 5.78. The number of hydrogen-bond acceptors (Lipinski definition) is 4. The van der Waals surface area contributed by atoms with Crippen LogP contribution >= 0.6 is 7.60 Å². The third-order valence-corrected chi connectivity index (χ3v) is 6.86. The van der Waals surface area contributed by atoms with Crippen molar-refractivity contribution >= 4 is 7.60 Å². The zero-order valence-electron chi connectivity index (χ0n) is 15.3. The Morgan fingerprint density at radius 3 is 2.25 bits per heavy atom. The van der Waals surface area contributed by atoms with E-state index < -0.39 is 12.9 Å². The smallest absolute Gasteiger partial charge is 0.308 e. The summed E-state index contributed by atoms with van der Waals surface area (Å²) in [5.41, 5.74) is 1.15. The summed E-state index contributed by atoms with van der Waals surface area (Å²) in [7, 11) is -3.30. The largest absolute Gasteiger partial charge is 0.350 e. The Hall–Kier alpha value is -0.930. The van der Waals surface area contributed by atoms with E-state index in [1.807, 2.05) is 38.1 Å². The highest BCUT2D eigenvalue weighted by atomic mass is 31.2. The van der Waals surface area contributed by atoms with E-state index in [-0.39, 0.29) is 0 Å². The number of rotatable bonds is 13. The summed E-state index contributed by atoms with van der Waals surface area (Å²) >= 11 is 0. The number of allylic oxidation sites excluding steroid dienone is 1. The van der Waals surface area contributed by atoms with Gasteiger partial charge >= 0.3 is 7.60 Å². The molecular weight excluding hydrogens is 321 g/mol. The van der Waals surface area contributed by atoms with Crippen molar-refractivity contribution in [2.24, 2.45) is 0 Å². The molecule has 1 unspecified atom stereocenters. The van der Waals surface area contributed by atoms with Gasteiger partial charge in [-0.1, -0.05) is 49.8 Å². The molecule has 0 aromatic heterocycles. The minimum Gasteiger partial charge on any atom is -0.308 e. The zero-order chi connectivity index (χ0) is 17.9. The lowest BCUT2D eigenvalue weighted by molar-refractivity contribution is 0.176. The van der Waals surface area contributed by atoms with Crippen LogP contribution in [0.4, 0.5) is 0 Å². The monoisotopic (exact) mass is 353 g/mol. The first-order chi connectivity index (χ1) is 11.6. The average molecular weight is 353 g/mol. The van der Waals surface area contributed by atoms with E-state index in [0.29, 0.717) is 26.2 Å². The third kappa shape index (κ3) is 5.56. The first-order valence-corrected chi connectivity index (χ1v) is 10.4. The topological polar surface area (TPSA) is 47.6 Å². The van der Waals surface area contributed by atoms with Crippen LogP contribution < -0.4 is 5.32 Å². The Bertz CT molecular complexity index is 511. The maximum atomic E-state index is 13.6. The molecule has 1 N–H and O–H groups in total. The molecule has 0 amide bonds. The van der Waals surface area contributed by atoms with Crippen molar-refractivity contribution in [1.29, 1.82) is 0 Å². The normalized spacial score (nSPS) is 14.3. The van der Waals surface area contributed by atoms with Crippen LogP contribution in [0.1, 0.15) is 52.0 Å². The molecular formula is C19H32NO3P. The number of hydrogen-bond donors (Lipinski definition) is 1. The van der Waals surface area contributed by atoms with Crippen LogP contribution in [0.5, 0.6) is 0 Å².